The van der Waals surface area contributed by atoms with Crippen LogP contribution in [0, 0.1) is 0 Å². The lowest BCUT2D eigenvalue weighted by Crippen LogP contribution is -2.24. The van der Waals surface area contributed by atoms with E-state index in [4.69, 9.17) is 5.73 Å². The van der Waals surface area contributed by atoms with Crippen LogP contribution in [0.5, 0.6) is 0 Å². The first kappa shape index (κ1) is 10.0. The fraction of sp³-hybridized carbons (Fsp3) is 0.625. The topological polar surface area (TPSA) is 55.1 Å². The van der Waals surface area contributed by atoms with Crippen molar-refractivity contribution in [1.29, 1.82) is 0 Å². The summed E-state index contributed by atoms with van der Waals surface area (Å²) in [6.07, 6.45) is 2.43. The summed E-state index contributed by atoms with van der Waals surface area (Å²) >= 11 is 0. The molecular weight excluding hydrogens is 140 g/mol. The molecule has 64 valence electrons. The first-order valence-electron chi connectivity index (χ1n) is 3.80. The predicted octanol–water partition coefficient (Wildman–Crippen LogP) is 0.764. The quantitative estimate of drug-likeness (QED) is 0.590. The lowest BCUT2D eigenvalue weighted by molar-refractivity contribution is -0.113. The molecule has 0 rings (SSSR count). The molecule has 0 spiro atoms. The fourth-order valence-electron chi connectivity index (χ4n) is 0.746. The first-order valence-corrected chi connectivity index (χ1v) is 3.80. The number of amides is 1. The third-order valence-corrected chi connectivity index (χ3v) is 1.45. The van der Waals surface area contributed by atoms with Crippen molar-refractivity contribution in [3.63, 3.8) is 0 Å². The highest BCUT2D eigenvalue weighted by atomic mass is 16.1. The summed E-state index contributed by atoms with van der Waals surface area (Å²) in [5, 5.41) is 3.12. The average Bonchev–Trinajstić information content (AvgIpc) is 1.85. The first-order chi connectivity index (χ1) is 5.06. The Morgan fingerprint density at radius 2 is 2.27 bits per heavy atom. The van der Waals surface area contributed by atoms with Crippen molar-refractivity contribution in [2.45, 2.75) is 33.2 Å². The van der Waals surface area contributed by atoms with E-state index < -0.39 is 5.91 Å². The summed E-state index contributed by atoms with van der Waals surface area (Å²) in [5.41, 5.74) is 5.78. The number of rotatable bonds is 4. The van der Waals surface area contributed by atoms with Gasteiger partial charge in [0.1, 0.15) is 0 Å². The Morgan fingerprint density at radius 1 is 1.73 bits per heavy atom. The van der Waals surface area contributed by atoms with Crippen LogP contribution in [-0.4, -0.2) is 11.9 Å². The van der Waals surface area contributed by atoms with Gasteiger partial charge in [0.25, 0.3) is 0 Å². The number of carbonyl (C=O) groups excluding carboxylic acids is 1. The molecule has 0 aliphatic carbocycles. The largest absolute Gasteiger partial charge is 0.386 e. The zero-order valence-electron chi connectivity index (χ0n) is 7.35. The fourth-order valence-corrected chi connectivity index (χ4v) is 0.746. The highest BCUT2D eigenvalue weighted by molar-refractivity contribution is 5.86. The maximum atomic E-state index is 10.4. The molecule has 3 N–H and O–H groups in total. The van der Waals surface area contributed by atoms with Gasteiger partial charge in [-0.25, -0.2) is 0 Å². The van der Waals surface area contributed by atoms with Crippen molar-refractivity contribution in [3.05, 3.63) is 11.8 Å². The smallest absolute Gasteiger partial charge is 0.243 e. The van der Waals surface area contributed by atoms with Crippen molar-refractivity contribution in [2.24, 2.45) is 5.73 Å². The highest BCUT2D eigenvalue weighted by Crippen LogP contribution is 1.93. The summed E-state index contributed by atoms with van der Waals surface area (Å²) < 4.78 is 0. The lowest BCUT2D eigenvalue weighted by Gasteiger charge is -2.12. The summed E-state index contributed by atoms with van der Waals surface area (Å²) in [5.74, 6) is -0.404. The van der Waals surface area contributed by atoms with E-state index in [1.807, 2.05) is 6.92 Å². The number of nitrogens with two attached hydrogens (primary N) is 1. The summed E-state index contributed by atoms with van der Waals surface area (Å²) in [4.78, 5) is 10.4. The summed E-state index contributed by atoms with van der Waals surface area (Å²) in [7, 11) is 0. The van der Waals surface area contributed by atoms with Gasteiger partial charge in [-0.2, -0.15) is 0 Å². The standard InChI is InChI=1S/C8H16N2O/c1-4-6(2)10-7(3)5-8(9)11/h5-6,10H,4H2,1-3H3,(H2,9,11)/b7-5+. The average molecular weight is 156 g/mol. The third-order valence-electron chi connectivity index (χ3n) is 1.45. The molecule has 0 radical (unpaired) electrons. The van der Waals surface area contributed by atoms with Crippen molar-refractivity contribution in [1.82, 2.24) is 5.32 Å². The van der Waals surface area contributed by atoms with E-state index in [9.17, 15) is 4.79 Å². The molecule has 0 saturated heterocycles. The van der Waals surface area contributed by atoms with Crippen LogP contribution in [0.2, 0.25) is 0 Å². The number of hydrogen-bond donors (Lipinski definition) is 2. The highest BCUT2D eigenvalue weighted by Gasteiger charge is 1.97. The van der Waals surface area contributed by atoms with Crippen molar-refractivity contribution in [2.75, 3.05) is 0 Å². The third kappa shape index (κ3) is 5.45. The molecule has 0 saturated carbocycles. The van der Waals surface area contributed by atoms with Gasteiger partial charge in [-0.05, 0) is 20.3 Å². The van der Waals surface area contributed by atoms with Crippen LogP contribution in [0.3, 0.4) is 0 Å². The van der Waals surface area contributed by atoms with Crippen molar-refractivity contribution >= 4 is 5.91 Å². The van der Waals surface area contributed by atoms with Crippen LogP contribution >= 0.6 is 0 Å². The van der Waals surface area contributed by atoms with Crippen LogP contribution in [0.15, 0.2) is 11.8 Å². The Hall–Kier alpha value is -0.990. The van der Waals surface area contributed by atoms with Gasteiger partial charge < -0.3 is 11.1 Å². The van der Waals surface area contributed by atoms with E-state index in [-0.39, 0.29) is 0 Å². The van der Waals surface area contributed by atoms with Crippen LogP contribution in [-0.2, 0) is 4.79 Å². The number of allylic oxidation sites excluding steroid dienone is 1. The predicted molar refractivity (Wildman–Crippen MR) is 45.8 cm³/mol. The molecule has 0 aliphatic heterocycles. The number of hydrogen-bond acceptors (Lipinski definition) is 2. The van der Waals surface area contributed by atoms with E-state index in [1.54, 1.807) is 0 Å². The molecule has 0 aromatic heterocycles. The van der Waals surface area contributed by atoms with E-state index in [2.05, 4.69) is 19.2 Å². The van der Waals surface area contributed by atoms with Crippen LogP contribution < -0.4 is 11.1 Å². The van der Waals surface area contributed by atoms with Gasteiger partial charge in [-0.15, -0.1) is 0 Å². The Balaban J connectivity index is 3.85. The number of carbonyl (C=O) groups is 1. The molecule has 1 atom stereocenters. The second-order valence-electron chi connectivity index (χ2n) is 2.68. The number of primary amides is 1. The summed E-state index contributed by atoms with van der Waals surface area (Å²) in [6, 6.07) is 0.394. The monoisotopic (exact) mass is 156 g/mol. The molecule has 0 aromatic carbocycles. The molecule has 1 unspecified atom stereocenters. The van der Waals surface area contributed by atoms with E-state index >= 15 is 0 Å². The van der Waals surface area contributed by atoms with Gasteiger partial charge in [0.15, 0.2) is 0 Å². The molecule has 0 aliphatic rings. The van der Waals surface area contributed by atoms with Crippen molar-refractivity contribution < 1.29 is 4.79 Å². The van der Waals surface area contributed by atoms with Gasteiger partial charge in [-0.1, -0.05) is 6.92 Å². The lowest BCUT2D eigenvalue weighted by atomic mass is 10.2. The van der Waals surface area contributed by atoms with E-state index in [0.29, 0.717) is 6.04 Å². The molecule has 1 amide bonds. The molecule has 0 fully saturated rings. The minimum Gasteiger partial charge on any atom is -0.386 e. The Bertz CT molecular complexity index is 163. The zero-order chi connectivity index (χ0) is 8.85. The van der Waals surface area contributed by atoms with Crippen molar-refractivity contribution in [3.8, 4) is 0 Å². The van der Waals surface area contributed by atoms with E-state index in [0.717, 1.165) is 12.1 Å². The SMILES string of the molecule is CCC(C)N/C(C)=C/C(N)=O. The Labute approximate surface area is 67.7 Å². The molecule has 0 heterocycles. The molecular formula is C8H16N2O. The van der Waals surface area contributed by atoms with Crippen LogP contribution in [0.4, 0.5) is 0 Å². The second kappa shape index (κ2) is 4.77. The maximum absolute atomic E-state index is 10.4. The molecule has 3 heteroatoms. The molecule has 0 bridgehead atoms. The van der Waals surface area contributed by atoms with Gasteiger partial charge >= 0.3 is 0 Å². The van der Waals surface area contributed by atoms with Gasteiger partial charge in [0.2, 0.25) is 5.91 Å². The Kier molecular flexibility index (Phi) is 4.34. The summed E-state index contributed by atoms with van der Waals surface area (Å²) in [6.45, 7) is 5.96. The van der Waals surface area contributed by atoms with Gasteiger partial charge in [0, 0.05) is 17.8 Å². The minimum absolute atomic E-state index is 0.394. The zero-order valence-corrected chi connectivity index (χ0v) is 7.35. The van der Waals surface area contributed by atoms with Crippen LogP contribution in [0.25, 0.3) is 0 Å². The number of nitrogens with one attached hydrogen (secondary N) is 1. The van der Waals surface area contributed by atoms with Gasteiger partial charge in [0.05, 0.1) is 0 Å². The van der Waals surface area contributed by atoms with Crippen LogP contribution in [0.1, 0.15) is 27.2 Å². The molecule has 11 heavy (non-hydrogen) atoms. The van der Waals surface area contributed by atoms with Gasteiger partial charge in [-0.3, -0.25) is 4.79 Å². The minimum atomic E-state index is -0.404. The Morgan fingerprint density at radius 3 is 2.64 bits per heavy atom. The molecule has 3 nitrogen and oxygen atoms in total. The molecule has 0 aromatic rings. The maximum Gasteiger partial charge on any atom is 0.243 e. The van der Waals surface area contributed by atoms with E-state index in [1.165, 1.54) is 6.08 Å². The normalized spacial score (nSPS) is 14.3. The second-order valence-corrected chi connectivity index (χ2v) is 2.68.